The predicted molar refractivity (Wildman–Crippen MR) is 55.3 cm³/mol. The number of anilines is 1. The highest BCUT2D eigenvalue weighted by Gasteiger charge is 1.90. The second-order valence-electron chi connectivity index (χ2n) is 2.83. The molecule has 70 valence electrons. The van der Waals surface area contributed by atoms with E-state index in [-0.39, 0.29) is 0 Å². The zero-order valence-corrected chi connectivity index (χ0v) is 7.86. The van der Waals surface area contributed by atoms with Crippen LogP contribution >= 0.6 is 0 Å². The van der Waals surface area contributed by atoms with Gasteiger partial charge in [-0.3, -0.25) is 0 Å². The van der Waals surface area contributed by atoms with E-state index in [1.165, 1.54) is 0 Å². The Morgan fingerprint density at radius 3 is 2.62 bits per heavy atom. The van der Waals surface area contributed by atoms with Gasteiger partial charge in [-0.2, -0.15) is 0 Å². The van der Waals surface area contributed by atoms with Gasteiger partial charge in [-0.05, 0) is 24.6 Å². The molecule has 0 aromatic heterocycles. The number of rotatable bonds is 4. The Kier molecular flexibility index (Phi) is 4.06. The lowest BCUT2D eigenvalue weighted by Crippen LogP contribution is -1.93. The van der Waals surface area contributed by atoms with Crippen LogP contribution in [0, 0.1) is 0 Å². The van der Waals surface area contributed by atoms with Crippen molar-refractivity contribution in [2.75, 3.05) is 12.3 Å². The van der Waals surface area contributed by atoms with Crippen LogP contribution < -0.4 is 5.73 Å². The Hall–Kier alpha value is -1.28. The zero-order valence-electron chi connectivity index (χ0n) is 7.86. The van der Waals surface area contributed by atoms with Crippen LogP contribution in [-0.2, 0) is 11.3 Å². The summed E-state index contributed by atoms with van der Waals surface area (Å²) in [6, 6.07) is 7.72. The van der Waals surface area contributed by atoms with Gasteiger partial charge in [0.25, 0.3) is 0 Å². The van der Waals surface area contributed by atoms with Gasteiger partial charge in [0.15, 0.2) is 0 Å². The Bertz CT molecular complexity index is 264. The molecule has 1 aromatic rings. The smallest absolute Gasteiger partial charge is 0.0721 e. The van der Waals surface area contributed by atoms with Crippen molar-refractivity contribution in [2.45, 2.75) is 13.5 Å². The molecular weight excluding hydrogens is 162 g/mol. The first-order chi connectivity index (χ1) is 6.33. The number of benzene rings is 1. The van der Waals surface area contributed by atoms with Crippen molar-refractivity contribution in [1.29, 1.82) is 0 Å². The Morgan fingerprint density at radius 2 is 2.00 bits per heavy atom. The van der Waals surface area contributed by atoms with Crippen molar-refractivity contribution in [1.82, 2.24) is 0 Å². The monoisotopic (exact) mass is 177 g/mol. The summed E-state index contributed by atoms with van der Waals surface area (Å²) in [6.45, 7) is 3.29. The van der Waals surface area contributed by atoms with Crippen LogP contribution in [0.15, 0.2) is 36.4 Å². The average molecular weight is 177 g/mol. The van der Waals surface area contributed by atoms with Crippen molar-refractivity contribution < 1.29 is 4.74 Å². The molecule has 0 fully saturated rings. The first kappa shape index (κ1) is 9.81. The van der Waals surface area contributed by atoms with Gasteiger partial charge >= 0.3 is 0 Å². The molecule has 0 unspecified atom stereocenters. The fourth-order valence-electron chi connectivity index (χ4n) is 0.955. The molecule has 0 spiro atoms. The SMILES string of the molecule is C/C=C/COCc1ccc(N)cc1. The van der Waals surface area contributed by atoms with Crippen LogP contribution in [-0.4, -0.2) is 6.61 Å². The molecule has 1 aromatic carbocycles. The molecule has 0 aliphatic rings. The molecule has 13 heavy (non-hydrogen) atoms. The maximum Gasteiger partial charge on any atom is 0.0721 e. The molecule has 0 heterocycles. The lowest BCUT2D eigenvalue weighted by molar-refractivity contribution is 0.148. The summed E-state index contributed by atoms with van der Waals surface area (Å²) in [5, 5.41) is 0. The minimum Gasteiger partial charge on any atom is -0.399 e. The molecule has 2 nitrogen and oxygen atoms in total. The van der Waals surface area contributed by atoms with Crippen molar-refractivity contribution in [3.63, 3.8) is 0 Å². The van der Waals surface area contributed by atoms with Crippen LogP contribution in [0.3, 0.4) is 0 Å². The van der Waals surface area contributed by atoms with Gasteiger partial charge in [0.1, 0.15) is 0 Å². The molecule has 0 radical (unpaired) electrons. The first-order valence-corrected chi connectivity index (χ1v) is 4.36. The second-order valence-corrected chi connectivity index (χ2v) is 2.83. The van der Waals surface area contributed by atoms with Gasteiger partial charge in [0.05, 0.1) is 13.2 Å². The van der Waals surface area contributed by atoms with Crippen LogP contribution in [0.4, 0.5) is 5.69 Å². The zero-order chi connectivity index (χ0) is 9.52. The molecule has 0 saturated heterocycles. The third kappa shape index (κ3) is 3.76. The molecule has 0 amide bonds. The van der Waals surface area contributed by atoms with Gasteiger partial charge in [-0.25, -0.2) is 0 Å². The third-order valence-electron chi connectivity index (χ3n) is 1.70. The van der Waals surface area contributed by atoms with E-state index >= 15 is 0 Å². The summed E-state index contributed by atoms with van der Waals surface area (Å²) >= 11 is 0. The number of nitrogen functional groups attached to an aromatic ring is 1. The van der Waals surface area contributed by atoms with Crippen molar-refractivity contribution in [3.05, 3.63) is 42.0 Å². The minimum absolute atomic E-state index is 0.643. The number of hydrogen-bond acceptors (Lipinski definition) is 2. The normalized spacial score (nSPS) is 10.8. The molecule has 0 bridgehead atoms. The number of nitrogens with two attached hydrogens (primary N) is 1. The molecule has 0 atom stereocenters. The van der Waals surface area contributed by atoms with Gasteiger partial charge in [0, 0.05) is 5.69 Å². The Labute approximate surface area is 79.0 Å². The fourth-order valence-corrected chi connectivity index (χ4v) is 0.955. The van der Waals surface area contributed by atoms with E-state index in [1.54, 1.807) is 0 Å². The quantitative estimate of drug-likeness (QED) is 0.435. The fraction of sp³-hybridized carbons (Fsp3) is 0.273. The van der Waals surface area contributed by atoms with Crippen molar-refractivity contribution in [2.24, 2.45) is 0 Å². The van der Waals surface area contributed by atoms with Crippen LogP contribution in [0.5, 0.6) is 0 Å². The maximum atomic E-state index is 5.55. The lowest BCUT2D eigenvalue weighted by Gasteiger charge is -2.01. The summed E-state index contributed by atoms with van der Waals surface area (Å²) in [4.78, 5) is 0. The van der Waals surface area contributed by atoms with Crippen molar-refractivity contribution >= 4 is 5.69 Å². The van der Waals surface area contributed by atoms with E-state index in [2.05, 4.69) is 0 Å². The Balaban J connectivity index is 2.33. The Morgan fingerprint density at radius 1 is 1.31 bits per heavy atom. The minimum atomic E-state index is 0.643. The van der Waals surface area contributed by atoms with E-state index in [9.17, 15) is 0 Å². The predicted octanol–water partition coefficient (Wildman–Crippen LogP) is 2.36. The van der Waals surface area contributed by atoms with Gasteiger partial charge in [-0.1, -0.05) is 24.3 Å². The highest BCUT2D eigenvalue weighted by molar-refractivity contribution is 5.39. The molecule has 2 heteroatoms. The molecule has 0 saturated carbocycles. The molecule has 0 aliphatic heterocycles. The number of allylic oxidation sites excluding steroid dienone is 1. The largest absolute Gasteiger partial charge is 0.399 e. The van der Waals surface area contributed by atoms with Crippen LogP contribution in [0.1, 0.15) is 12.5 Å². The molecule has 2 N–H and O–H groups in total. The first-order valence-electron chi connectivity index (χ1n) is 4.36. The lowest BCUT2D eigenvalue weighted by atomic mass is 10.2. The van der Waals surface area contributed by atoms with E-state index < -0.39 is 0 Å². The van der Waals surface area contributed by atoms with Crippen molar-refractivity contribution in [3.8, 4) is 0 Å². The molecular formula is C11H15NO. The van der Waals surface area contributed by atoms with Gasteiger partial charge < -0.3 is 10.5 Å². The number of hydrogen-bond donors (Lipinski definition) is 1. The molecule has 1 rings (SSSR count). The average Bonchev–Trinajstić information content (AvgIpc) is 2.15. The third-order valence-corrected chi connectivity index (χ3v) is 1.70. The summed E-state index contributed by atoms with van der Waals surface area (Å²) in [6.07, 6.45) is 3.96. The summed E-state index contributed by atoms with van der Waals surface area (Å²) in [5.74, 6) is 0. The molecule has 0 aliphatic carbocycles. The van der Waals surface area contributed by atoms with Crippen LogP contribution in [0.25, 0.3) is 0 Å². The highest BCUT2D eigenvalue weighted by atomic mass is 16.5. The number of ether oxygens (including phenoxy) is 1. The standard InChI is InChI=1S/C11H15NO/c1-2-3-8-13-9-10-4-6-11(12)7-5-10/h2-7H,8-9,12H2,1H3/b3-2+. The van der Waals surface area contributed by atoms with Crippen LogP contribution in [0.2, 0.25) is 0 Å². The van der Waals surface area contributed by atoms with E-state index in [1.807, 2.05) is 43.3 Å². The topological polar surface area (TPSA) is 35.2 Å². The summed E-state index contributed by atoms with van der Waals surface area (Å²) < 4.78 is 5.37. The highest BCUT2D eigenvalue weighted by Crippen LogP contribution is 2.06. The van der Waals surface area contributed by atoms with E-state index in [0.29, 0.717) is 13.2 Å². The summed E-state index contributed by atoms with van der Waals surface area (Å²) in [5.41, 5.74) is 7.49. The maximum absolute atomic E-state index is 5.55. The van der Waals surface area contributed by atoms with E-state index in [4.69, 9.17) is 10.5 Å². The summed E-state index contributed by atoms with van der Waals surface area (Å²) in [7, 11) is 0. The van der Waals surface area contributed by atoms with Gasteiger partial charge in [0.2, 0.25) is 0 Å². The van der Waals surface area contributed by atoms with E-state index in [0.717, 1.165) is 11.3 Å². The second kappa shape index (κ2) is 5.38. The van der Waals surface area contributed by atoms with Gasteiger partial charge in [-0.15, -0.1) is 0 Å².